The summed E-state index contributed by atoms with van der Waals surface area (Å²) in [5.74, 6) is 0.0113. The zero-order chi connectivity index (χ0) is 13.8. The van der Waals surface area contributed by atoms with E-state index in [-0.39, 0.29) is 5.78 Å². The Bertz CT molecular complexity index is 557. The quantitative estimate of drug-likeness (QED) is 0.888. The van der Waals surface area contributed by atoms with Gasteiger partial charge in [-0.15, -0.1) is 0 Å². The summed E-state index contributed by atoms with van der Waals surface area (Å²) < 4.78 is 1.65. The monoisotopic (exact) mass is 257 g/mol. The number of ketones is 1. The molecule has 0 aliphatic rings. The van der Waals surface area contributed by atoms with Gasteiger partial charge in [-0.1, -0.05) is 31.2 Å². The number of carbonyl (C=O) groups excluding carboxylic acids is 1. The van der Waals surface area contributed by atoms with Crippen LogP contribution < -0.4 is 5.73 Å². The van der Waals surface area contributed by atoms with E-state index >= 15 is 0 Å². The largest absolute Gasteiger partial charge is 0.318 e. The van der Waals surface area contributed by atoms with Crippen LogP contribution in [0.3, 0.4) is 0 Å². The lowest BCUT2D eigenvalue weighted by Gasteiger charge is -2.08. The van der Waals surface area contributed by atoms with E-state index in [4.69, 9.17) is 5.73 Å². The van der Waals surface area contributed by atoms with Crippen LogP contribution in [0.5, 0.6) is 0 Å². The van der Waals surface area contributed by atoms with Gasteiger partial charge in [-0.25, -0.2) is 0 Å². The maximum atomic E-state index is 12.1. The lowest BCUT2D eigenvalue weighted by Crippen LogP contribution is -2.22. The zero-order valence-electron chi connectivity index (χ0n) is 11.3. The van der Waals surface area contributed by atoms with Crippen molar-refractivity contribution in [2.75, 3.05) is 0 Å². The molecule has 0 radical (unpaired) electrons. The Morgan fingerprint density at radius 3 is 2.47 bits per heavy atom. The first kappa shape index (κ1) is 13.5. The van der Waals surface area contributed by atoms with Crippen LogP contribution in [0.2, 0.25) is 0 Å². The molecule has 0 amide bonds. The molecule has 4 nitrogen and oxygen atoms in total. The number of benzene rings is 1. The molecule has 2 aromatic rings. The molecule has 2 rings (SSSR count). The zero-order valence-corrected chi connectivity index (χ0v) is 11.3. The van der Waals surface area contributed by atoms with Gasteiger partial charge in [0.2, 0.25) is 0 Å². The van der Waals surface area contributed by atoms with Crippen molar-refractivity contribution >= 4 is 5.78 Å². The number of rotatable bonds is 5. The Hall–Kier alpha value is -1.94. The van der Waals surface area contributed by atoms with E-state index in [0.717, 1.165) is 17.5 Å². The van der Waals surface area contributed by atoms with Gasteiger partial charge in [0.25, 0.3) is 0 Å². The fourth-order valence-corrected chi connectivity index (χ4v) is 1.99. The number of hydrogen-bond acceptors (Lipinski definition) is 3. The molecular weight excluding hydrogens is 238 g/mol. The summed E-state index contributed by atoms with van der Waals surface area (Å²) in [4.78, 5) is 12.1. The second-order valence-electron chi connectivity index (χ2n) is 4.74. The number of aryl methyl sites for hydroxylation is 2. The van der Waals surface area contributed by atoms with E-state index in [0.29, 0.717) is 6.42 Å². The molecule has 1 heterocycles. The summed E-state index contributed by atoms with van der Waals surface area (Å²) >= 11 is 0. The molecule has 1 aromatic heterocycles. The van der Waals surface area contributed by atoms with Crippen molar-refractivity contribution in [1.29, 1.82) is 0 Å². The van der Waals surface area contributed by atoms with E-state index in [1.165, 1.54) is 5.56 Å². The summed E-state index contributed by atoms with van der Waals surface area (Å²) in [6, 6.07) is 7.50. The van der Waals surface area contributed by atoms with Gasteiger partial charge in [0.1, 0.15) is 0 Å². The molecule has 0 aliphatic carbocycles. The predicted molar refractivity (Wildman–Crippen MR) is 74.7 cm³/mol. The van der Waals surface area contributed by atoms with E-state index in [2.05, 4.69) is 24.2 Å². The van der Waals surface area contributed by atoms with Crippen molar-refractivity contribution in [3.8, 4) is 0 Å². The Morgan fingerprint density at radius 1 is 1.32 bits per heavy atom. The molecule has 0 aliphatic heterocycles. The highest BCUT2D eigenvalue weighted by Gasteiger charge is 2.17. The van der Waals surface area contributed by atoms with Crippen LogP contribution in [0, 0.1) is 0 Å². The van der Waals surface area contributed by atoms with Gasteiger partial charge < -0.3 is 5.73 Å². The van der Waals surface area contributed by atoms with Crippen LogP contribution in [-0.4, -0.2) is 15.6 Å². The van der Waals surface area contributed by atoms with Gasteiger partial charge in [-0.2, -0.15) is 5.10 Å². The average molecular weight is 257 g/mol. The third kappa shape index (κ3) is 3.29. The van der Waals surface area contributed by atoms with Gasteiger partial charge >= 0.3 is 0 Å². The normalized spacial score (nSPS) is 12.4. The molecule has 0 spiro atoms. The minimum atomic E-state index is -0.598. The van der Waals surface area contributed by atoms with Gasteiger partial charge in [0.15, 0.2) is 5.78 Å². The summed E-state index contributed by atoms with van der Waals surface area (Å²) in [5, 5.41) is 4.03. The van der Waals surface area contributed by atoms with E-state index < -0.39 is 6.04 Å². The number of nitrogens with zero attached hydrogens (tertiary/aromatic N) is 2. The SMILES string of the molecule is CCc1ccc(CC(=O)C(N)c2cnn(C)c2)cc1. The minimum absolute atomic E-state index is 0.0113. The maximum absolute atomic E-state index is 12.1. The third-order valence-electron chi connectivity index (χ3n) is 3.24. The number of Topliss-reactive ketones (excluding diaryl/α,β-unsaturated/α-hetero) is 1. The van der Waals surface area contributed by atoms with Crippen LogP contribution in [-0.2, 0) is 24.7 Å². The summed E-state index contributed by atoms with van der Waals surface area (Å²) in [6.07, 6.45) is 4.79. The lowest BCUT2D eigenvalue weighted by molar-refractivity contribution is -0.119. The Labute approximate surface area is 113 Å². The molecule has 100 valence electrons. The number of carbonyl (C=O) groups is 1. The molecule has 1 unspecified atom stereocenters. The van der Waals surface area contributed by atoms with Gasteiger partial charge in [-0.3, -0.25) is 9.48 Å². The fraction of sp³-hybridized carbons (Fsp3) is 0.333. The lowest BCUT2D eigenvalue weighted by atomic mass is 9.99. The van der Waals surface area contributed by atoms with Crippen molar-refractivity contribution in [3.63, 3.8) is 0 Å². The van der Waals surface area contributed by atoms with Crippen molar-refractivity contribution in [2.45, 2.75) is 25.8 Å². The summed E-state index contributed by atoms with van der Waals surface area (Å²) in [6.45, 7) is 2.11. The fourth-order valence-electron chi connectivity index (χ4n) is 1.99. The number of hydrogen-bond donors (Lipinski definition) is 1. The number of nitrogens with two attached hydrogens (primary N) is 1. The van der Waals surface area contributed by atoms with Crippen molar-refractivity contribution in [2.24, 2.45) is 12.8 Å². The number of aromatic nitrogens is 2. The van der Waals surface area contributed by atoms with Crippen molar-refractivity contribution in [1.82, 2.24) is 9.78 Å². The first-order valence-electron chi connectivity index (χ1n) is 6.44. The molecule has 0 fully saturated rings. The van der Waals surface area contributed by atoms with Crippen molar-refractivity contribution < 1.29 is 4.79 Å². The third-order valence-corrected chi connectivity index (χ3v) is 3.24. The molecule has 1 atom stereocenters. The van der Waals surface area contributed by atoms with E-state index in [1.807, 2.05) is 19.2 Å². The molecule has 0 saturated carbocycles. The molecular formula is C15H19N3O. The second kappa shape index (κ2) is 5.80. The van der Waals surface area contributed by atoms with E-state index in [1.54, 1.807) is 17.1 Å². The van der Waals surface area contributed by atoms with Gasteiger partial charge in [0, 0.05) is 25.2 Å². The summed E-state index contributed by atoms with van der Waals surface area (Å²) in [5.41, 5.74) is 8.99. The van der Waals surface area contributed by atoms with Crippen molar-refractivity contribution in [3.05, 3.63) is 53.3 Å². The maximum Gasteiger partial charge on any atom is 0.158 e. The Balaban J connectivity index is 2.03. The highest BCUT2D eigenvalue weighted by atomic mass is 16.1. The van der Waals surface area contributed by atoms with Crippen LogP contribution >= 0.6 is 0 Å². The standard InChI is InChI=1S/C15H19N3O/c1-3-11-4-6-12(7-5-11)8-14(19)15(16)13-9-17-18(2)10-13/h4-7,9-10,15H,3,8,16H2,1-2H3. The van der Waals surface area contributed by atoms with Gasteiger partial charge in [-0.05, 0) is 17.5 Å². The first-order valence-corrected chi connectivity index (χ1v) is 6.44. The molecule has 0 saturated heterocycles. The first-order chi connectivity index (χ1) is 9.10. The van der Waals surface area contributed by atoms with Crippen LogP contribution in [0.15, 0.2) is 36.7 Å². The van der Waals surface area contributed by atoms with Crippen LogP contribution in [0.4, 0.5) is 0 Å². The Morgan fingerprint density at radius 2 is 1.95 bits per heavy atom. The highest BCUT2D eigenvalue weighted by Crippen LogP contribution is 2.13. The summed E-state index contributed by atoms with van der Waals surface area (Å²) in [7, 11) is 1.81. The van der Waals surface area contributed by atoms with E-state index in [9.17, 15) is 4.79 Å². The molecule has 0 bridgehead atoms. The molecule has 4 heteroatoms. The molecule has 19 heavy (non-hydrogen) atoms. The minimum Gasteiger partial charge on any atom is -0.318 e. The topological polar surface area (TPSA) is 60.9 Å². The van der Waals surface area contributed by atoms with Gasteiger partial charge in [0.05, 0.1) is 12.2 Å². The molecule has 2 N–H and O–H groups in total. The van der Waals surface area contributed by atoms with Crippen LogP contribution in [0.25, 0.3) is 0 Å². The second-order valence-corrected chi connectivity index (χ2v) is 4.74. The highest BCUT2D eigenvalue weighted by molar-refractivity contribution is 5.86. The molecule has 1 aromatic carbocycles. The smallest absolute Gasteiger partial charge is 0.158 e. The Kier molecular flexibility index (Phi) is 4.12. The van der Waals surface area contributed by atoms with Crippen LogP contribution in [0.1, 0.15) is 29.7 Å². The predicted octanol–water partition coefficient (Wildman–Crippen LogP) is 1.79. The average Bonchev–Trinajstić information content (AvgIpc) is 2.85.